The van der Waals surface area contributed by atoms with E-state index in [-0.39, 0.29) is 24.0 Å². The van der Waals surface area contributed by atoms with Crippen LogP contribution in [0.5, 0.6) is 5.75 Å². The van der Waals surface area contributed by atoms with Gasteiger partial charge >= 0.3 is 0 Å². The van der Waals surface area contributed by atoms with Crippen molar-refractivity contribution in [1.29, 1.82) is 0 Å². The fourth-order valence-electron chi connectivity index (χ4n) is 4.76. The molecular weight excluding hydrogens is 440 g/mol. The van der Waals surface area contributed by atoms with E-state index in [4.69, 9.17) is 9.47 Å². The van der Waals surface area contributed by atoms with Crippen LogP contribution in [-0.4, -0.2) is 42.6 Å². The van der Waals surface area contributed by atoms with Gasteiger partial charge in [-0.1, -0.05) is 36.4 Å². The molecule has 3 aromatic carbocycles. The Hall–Kier alpha value is -3.64. The van der Waals surface area contributed by atoms with E-state index < -0.39 is 0 Å². The summed E-state index contributed by atoms with van der Waals surface area (Å²) in [6.45, 7) is 4.43. The van der Waals surface area contributed by atoms with Crippen LogP contribution in [0.3, 0.4) is 0 Å². The zero-order valence-electron chi connectivity index (χ0n) is 19.9. The average Bonchev–Trinajstić information content (AvgIpc) is 2.93. The third kappa shape index (κ3) is 5.08. The molecule has 2 heterocycles. The highest BCUT2D eigenvalue weighted by molar-refractivity contribution is 5.95. The van der Waals surface area contributed by atoms with Crippen molar-refractivity contribution in [2.45, 2.75) is 32.7 Å². The molecule has 1 saturated heterocycles. The minimum atomic E-state index is -0.293. The second-order valence-corrected chi connectivity index (χ2v) is 9.05. The van der Waals surface area contributed by atoms with Crippen molar-refractivity contribution in [3.05, 3.63) is 89.5 Å². The topological polar surface area (TPSA) is 67.9 Å². The minimum Gasteiger partial charge on any atom is -0.464 e. The molecule has 1 unspecified atom stereocenters. The van der Waals surface area contributed by atoms with Gasteiger partial charge in [0.05, 0.1) is 6.61 Å². The van der Waals surface area contributed by atoms with Gasteiger partial charge in [0.25, 0.3) is 11.8 Å². The molecule has 1 N–H and O–H groups in total. The maximum atomic E-state index is 12.7. The largest absolute Gasteiger partial charge is 0.464 e. The molecule has 2 aliphatic rings. The summed E-state index contributed by atoms with van der Waals surface area (Å²) in [5.41, 5.74) is 4.51. The second kappa shape index (κ2) is 10.3. The van der Waals surface area contributed by atoms with Crippen LogP contribution in [0.25, 0.3) is 11.1 Å². The summed E-state index contributed by atoms with van der Waals surface area (Å²) in [6.07, 6.45) is 1.42. The highest BCUT2D eigenvalue weighted by Crippen LogP contribution is 2.35. The van der Waals surface area contributed by atoms with Crippen LogP contribution in [0, 0.1) is 5.92 Å². The lowest BCUT2D eigenvalue weighted by molar-refractivity contribution is -0.148. The van der Waals surface area contributed by atoms with Crippen LogP contribution in [-0.2, 0) is 11.3 Å². The molecular formula is C29H30N2O4. The number of rotatable bonds is 5. The van der Waals surface area contributed by atoms with Gasteiger partial charge in [0.15, 0.2) is 0 Å². The number of likely N-dealkylation sites (tertiary alicyclic amines) is 1. The maximum Gasteiger partial charge on any atom is 0.253 e. The summed E-state index contributed by atoms with van der Waals surface area (Å²) in [4.78, 5) is 26.6. The first kappa shape index (κ1) is 23.1. The molecule has 3 aromatic rings. The lowest BCUT2D eigenvalue weighted by atomic mass is 9.94. The summed E-state index contributed by atoms with van der Waals surface area (Å²) in [7, 11) is 0. The Balaban J connectivity index is 1.20. The van der Waals surface area contributed by atoms with Gasteiger partial charge in [-0.15, -0.1) is 0 Å². The van der Waals surface area contributed by atoms with Crippen LogP contribution < -0.4 is 10.1 Å². The average molecular weight is 471 g/mol. The predicted molar refractivity (Wildman–Crippen MR) is 134 cm³/mol. The molecule has 5 rings (SSSR count). The quantitative estimate of drug-likeness (QED) is 0.577. The Morgan fingerprint density at radius 1 is 0.914 bits per heavy atom. The highest BCUT2D eigenvalue weighted by Gasteiger charge is 2.33. The minimum absolute atomic E-state index is 0.0624. The Kier molecular flexibility index (Phi) is 6.82. The molecule has 2 amide bonds. The number of carbonyl (C=O) groups excluding carboxylic acids is 2. The van der Waals surface area contributed by atoms with Gasteiger partial charge in [0.2, 0.25) is 6.29 Å². The molecule has 0 spiro atoms. The van der Waals surface area contributed by atoms with Crippen molar-refractivity contribution < 1.29 is 19.1 Å². The summed E-state index contributed by atoms with van der Waals surface area (Å²) in [5.74, 6) is 1.13. The summed E-state index contributed by atoms with van der Waals surface area (Å²) in [5, 5.41) is 2.82. The maximum absolute atomic E-state index is 12.7. The number of benzene rings is 3. The van der Waals surface area contributed by atoms with Crippen LogP contribution in [0.2, 0.25) is 0 Å². The van der Waals surface area contributed by atoms with E-state index in [0.717, 1.165) is 40.8 Å². The summed E-state index contributed by atoms with van der Waals surface area (Å²) in [6, 6.07) is 23.2. The number of hydrogen-bond donors (Lipinski definition) is 1. The van der Waals surface area contributed by atoms with Gasteiger partial charge in [-0.05, 0) is 67.3 Å². The molecule has 0 saturated carbocycles. The molecule has 0 bridgehead atoms. The normalized spacial score (nSPS) is 17.9. The molecule has 180 valence electrons. The van der Waals surface area contributed by atoms with Crippen molar-refractivity contribution >= 4 is 11.8 Å². The molecule has 6 heteroatoms. The number of piperidine rings is 1. The summed E-state index contributed by atoms with van der Waals surface area (Å²) >= 11 is 0. The molecule has 1 atom stereocenters. The number of amides is 2. The van der Waals surface area contributed by atoms with Crippen molar-refractivity contribution in [3.8, 4) is 16.9 Å². The lowest BCUT2D eigenvalue weighted by Gasteiger charge is -2.37. The Labute approximate surface area is 205 Å². The number of hydrogen-bond acceptors (Lipinski definition) is 4. The molecule has 35 heavy (non-hydrogen) atoms. The van der Waals surface area contributed by atoms with Crippen molar-refractivity contribution in [3.63, 3.8) is 0 Å². The van der Waals surface area contributed by atoms with Crippen molar-refractivity contribution in [1.82, 2.24) is 10.2 Å². The van der Waals surface area contributed by atoms with E-state index in [9.17, 15) is 9.59 Å². The van der Waals surface area contributed by atoms with Gasteiger partial charge in [0, 0.05) is 42.2 Å². The van der Waals surface area contributed by atoms with Gasteiger partial charge < -0.3 is 19.7 Å². The van der Waals surface area contributed by atoms with E-state index in [0.29, 0.717) is 31.8 Å². The van der Waals surface area contributed by atoms with Crippen LogP contribution in [0.15, 0.2) is 72.8 Å². The van der Waals surface area contributed by atoms with Crippen LogP contribution in [0.4, 0.5) is 0 Å². The number of fused-ring (bicyclic) bond motifs is 1. The lowest BCUT2D eigenvalue weighted by Crippen LogP contribution is -2.44. The first-order valence-electron chi connectivity index (χ1n) is 12.3. The summed E-state index contributed by atoms with van der Waals surface area (Å²) < 4.78 is 12.4. The van der Waals surface area contributed by atoms with Crippen LogP contribution in [0.1, 0.15) is 46.0 Å². The fourth-order valence-corrected chi connectivity index (χ4v) is 4.76. The van der Waals surface area contributed by atoms with Gasteiger partial charge in [-0.25, -0.2) is 0 Å². The fraction of sp³-hybridized carbons (Fsp3) is 0.310. The van der Waals surface area contributed by atoms with E-state index in [1.54, 1.807) is 0 Å². The van der Waals surface area contributed by atoms with E-state index in [1.165, 1.54) is 0 Å². The third-order valence-corrected chi connectivity index (χ3v) is 6.76. The SMILES string of the molecule is CCNC(=O)c1ccc(-c2ccc3c(c2)COC(C2CCN(C(=O)c4ccccc4)CC2)O3)cc1. The Morgan fingerprint density at radius 3 is 2.34 bits per heavy atom. The zero-order valence-corrected chi connectivity index (χ0v) is 19.9. The molecule has 0 radical (unpaired) electrons. The molecule has 1 fully saturated rings. The smallest absolute Gasteiger partial charge is 0.253 e. The second-order valence-electron chi connectivity index (χ2n) is 9.05. The number of nitrogens with one attached hydrogen (secondary N) is 1. The number of ether oxygens (including phenoxy) is 2. The predicted octanol–water partition coefficient (Wildman–Crippen LogP) is 4.89. The van der Waals surface area contributed by atoms with Gasteiger partial charge in [-0.3, -0.25) is 9.59 Å². The highest BCUT2D eigenvalue weighted by atomic mass is 16.7. The standard InChI is InChI=1S/C29H30N2O4/c1-2-30-27(32)21-10-8-20(9-11-21)24-12-13-26-25(18-24)19-34-29(35-26)23-14-16-31(17-15-23)28(33)22-6-4-3-5-7-22/h3-13,18,23,29H,2,14-17,19H2,1H3,(H,30,32). The number of nitrogens with zero attached hydrogens (tertiary/aromatic N) is 1. The van der Waals surface area contributed by atoms with E-state index >= 15 is 0 Å². The van der Waals surface area contributed by atoms with Crippen LogP contribution >= 0.6 is 0 Å². The molecule has 6 nitrogen and oxygen atoms in total. The first-order valence-corrected chi connectivity index (χ1v) is 12.3. The Bertz CT molecular complexity index is 1190. The monoisotopic (exact) mass is 470 g/mol. The number of carbonyl (C=O) groups is 2. The molecule has 0 aliphatic carbocycles. The van der Waals surface area contributed by atoms with E-state index in [2.05, 4.69) is 11.4 Å². The third-order valence-electron chi connectivity index (χ3n) is 6.76. The van der Waals surface area contributed by atoms with Crippen molar-refractivity contribution in [2.24, 2.45) is 5.92 Å². The first-order chi connectivity index (χ1) is 17.1. The zero-order chi connectivity index (χ0) is 24.2. The van der Waals surface area contributed by atoms with Crippen molar-refractivity contribution in [2.75, 3.05) is 19.6 Å². The Morgan fingerprint density at radius 2 is 1.63 bits per heavy atom. The molecule has 2 aliphatic heterocycles. The van der Waals surface area contributed by atoms with Gasteiger partial charge in [-0.2, -0.15) is 0 Å². The van der Waals surface area contributed by atoms with Gasteiger partial charge in [0.1, 0.15) is 5.75 Å². The molecule has 0 aromatic heterocycles. The van der Waals surface area contributed by atoms with E-state index in [1.807, 2.05) is 78.6 Å².